The summed E-state index contributed by atoms with van der Waals surface area (Å²) in [4.78, 5) is 11.0. The van der Waals surface area contributed by atoms with E-state index in [-0.39, 0.29) is 5.12 Å². The van der Waals surface area contributed by atoms with Gasteiger partial charge in [0.05, 0.1) is 5.54 Å². The number of carbonyl (C=O) groups excluding carboxylic acids is 1. The van der Waals surface area contributed by atoms with Gasteiger partial charge < -0.3 is 5.73 Å². The first-order valence-electron chi connectivity index (χ1n) is 4.08. The van der Waals surface area contributed by atoms with Crippen LogP contribution in [0.3, 0.4) is 0 Å². The maximum Gasteiger partial charge on any atom is 0.205 e. The molecule has 1 aromatic carbocycles. The highest BCUT2D eigenvalue weighted by molar-refractivity contribution is 7.96. The van der Waals surface area contributed by atoms with Crippen LogP contribution < -0.4 is 5.73 Å². The van der Waals surface area contributed by atoms with Gasteiger partial charge in [0.25, 0.3) is 0 Å². The first-order chi connectivity index (χ1) is 6.02. The standard InChI is InChI=1S/C10H13NOS/c1-10(11,9(12)13)7-8-5-3-2-4-6-8/h2-6H,7,11H2,1H3,(H,12,13)/t10-/m1/s1. The number of nitrogens with two attached hydrogens (primary N) is 1. The van der Waals surface area contributed by atoms with Crippen molar-refractivity contribution in [2.45, 2.75) is 18.9 Å². The van der Waals surface area contributed by atoms with Crippen molar-refractivity contribution in [1.29, 1.82) is 0 Å². The summed E-state index contributed by atoms with van der Waals surface area (Å²) in [6, 6.07) is 9.67. The Bertz CT molecular complexity index is 295. The number of carbonyl (C=O) groups is 1. The molecule has 0 aliphatic carbocycles. The van der Waals surface area contributed by atoms with Crippen molar-refractivity contribution in [1.82, 2.24) is 0 Å². The summed E-state index contributed by atoms with van der Waals surface area (Å²) < 4.78 is 0. The molecule has 0 aromatic heterocycles. The van der Waals surface area contributed by atoms with Crippen LogP contribution >= 0.6 is 12.6 Å². The fourth-order valence-electron chi connectivity index (χ4n) is 1.10. The van der Waals surface area contributed by atoms with Crippen molar-refractivity contribution in [3.05, 3.63) is 35.9 Å². The molecule has 0 spiro atoms. The lowest BCUT2D eigenvalue weighted by Crippen LogP contribution is -2.44. The molecule has 1 atom stereocenters. The van der Waals surface area contributed by atoms with E-state index >= 15 is 0 Å². The van der Waals surface area contributed by atoms with Crippen LogP contribution in [0, 0.1) is 0 Å². The fraction of sp³-hybridized carbons (Fsp3) is 0.300. The molecule has 1 aromatic rings. The summed E-state index contributed by atoms with van der Waals surface area (Å²) in [6.45, 7) is 1.69. The predicted molar refractivity (Wildman–Crippen MR) is 56.7 cm³/mol. The first-order valence-corrected chi connectivity index (χ1v) is 4.53. The van der Waals surface area contributed by atoms with Crippen LogP contribution in [-0.4, -0.2) is 10.7 Å². The Morgan fingerprint density at radius 3 is 2.46 bits per heavy atom. The molecular formula is C10H13NOS. The topological polar surface area (TPSA) is 43.1 Å². The molecular weight excluding hydrogens is 182 g/mol. The van der Waals surface area contributed by atoms with Crippen molar-refractivity contribution in [2.24, 2.45) is 5.73 Å². The highest BCUT2D eigenvalue weighted by atomic mass is 32.1. The van der Waals surface area contributed by atoms with E-state index in [0.29, 0.717) is 6.42 Å². The Hall–Kier alpha value is -0.800. The Morgan fingerprint density at radius 1 is 1.46 bits per heavy atom. The molecule has 0 bridgehead atoms. The summed E-state index contributed by atoms with van der Waals surface area (Å²) in [5, 5.41) is -0.281. The number of rotatable bonds is 3. The van der Waals surface area contributed by atoms with Crippen LogP contribution in [0.4, 0.5) is 0 Å². The third kappa shape index (κ3) is 2.86. The van der Waals surface area contributed by atoms with Gasteiger partial charge in [0, 0.05) is 0 Å². The predicted octanol–water partition coefficient (Wildman–Crippen LogP) is 1.40. The normalized spacial score (nSPS) is 15.0. The van der Waals surface area contributed by atoms with Gasteiger partial charge >= 0.3 is 0 Å². The molecule has 0 saturated carbocycles. The molecule has 0 unspecified atom stereocenters. The lowest BCUT2D eigenvalue weighted by Gasteiger charge is -2.19. The Morgan fingerprint density at radius 2 is 2.00 bits per heavy atom. The highest BCUT2D eigenvalue weighted by Crippen LogP contribution is 2.12. The van der Waals surface area contributed by atoms with E-state index in [0.717, 1.165) is 5.56 Å². The second-order valence-electron chi connectivity index (χ2n) is 3.38. The smallest absolute Gasteiger partial charge is 0.205 e. The maximum atomic E-state index is 11.0. The molecule has 0 saturated heterocycles. The molecule has 0 aliphatic heterocycles. The summed E-state index contributed by atoms with van der Waals surface area (Å²) >= 11 is 3.75. The van der Waals surface area contributed by atoms with Gasteiger partial charge in [-0.25, -0.2) is 0 Å². The molecule has 3 heteroatoms. The summed E-state index contributed by atoms with van der Waals surface area (Å²) in [5.74, 6) is 0. The molecule has 2 nitrogen and oxygen atoms in total. The third-order valence-corrected chi connectivity index (χ3v) is 2.41. The van der Waals surface area contributed by atoms with Gasteiger partial charge in [-0.05, 0) is 18.9 Å². The molecule has 0 heterocycles. The number of thiol groups is 1. The SMILES string of the molecule is C[C@@](N)(Cc1ccccc1)C(=O)S. The van der Waals surface area contributed by atoms with E-state index in [2.05, 4.69) is 12.6 Å². The van der Waals surface area contributed by atoms with E-state index in [1.165, 1.54) is 0 Å². The lowest BCUT2D eigenvalue weighted by atomic mass is 9.95. The van der Waals surface area contributed by atoms with Gasteiger partial charge in [0.2, 0.25) is 5.12 Å². The molecule has 2 N–H and O–H groups in total. The van der Waals surface area contributed by atoms with E-state index in [1.54, 1.807) is 6.92 Å². The zero-order valence-electron chi connectivity index (χ0n) is 7.53. The molecule has 0 amide bonds. The molecule has 0 fully saturated rings. The maximum absolute atomic E-state index is 11.0. The minimum atomic E-state index is -0.871. The Balaban J connectivity index is 2.75. The van der Waals surface area contributed by atoms with Crippen molar-refractivity contribution < 1.29 is 4.79 Å². The highest BCUT2D eigenvalue weighted by Gasteiger charge is 2.25. The van der Waals surface area contributed by atoms with Gasteiger partial charge in [0.15, 0.2) is 0 Å². The summed E-state index contributed by atoms with van der Waals surface area (Å²) in [7, 11) is 0. The summed E-state index contributed by atoms with van der Waals surface area (Å²) in [5.41, 5.74) is 5.95. The Kier molecular flexibility index (Phi) is 3.12. The van der Waals surface area contributed by atoms with E-state index in [4.69, 9.17) is 5.73 Å². The number of hydrogen-bond donors (Lipinski definition) is 2. The van der Waals surface area contributed by atoms with Crippen LogP contribution in [-0.2, 0) is 11.2 Å². The molecule has 70 valence electrons. The number of hydrogen-bond acceptors (Lipinski definition) is 2. The van der Waals surface area contributed by atoms with Crippen molar-refractivity contribution in [2.75, 3.05) is 0 Å². The van der Waals surface area contributed by atoms with Gasteiger partial charge in [-0.15, -0.1) is 12.6 Å². The van der Waals surface area contributed by atoms with Crippen LogP contribution in [0.15, 0.2) is 30.3 Å². The van der Waals surface area contributed by atoms with Crippen molar-refractivity contribution >= 4 is 17.7 Å². The average molecular weight is 195 g/mol. The second-order valence-corrected chi connectivity index (χ2v) is 3.79. The Labute approximate surface area is 83.5 Å². The van der Waals surface area contributed by atoms with Crippen molar-refractivity contribution in [3.8, 4) is 0 Å². The molecule has 13 heavy (non-hydrogen) atoms. The van der Waals surface area contributed by atoms with Gasteiger partial charge in [-0.2, -0.15) is 0 Å². The quantitative estimate of drug-likeness (QED) is 0.716. The number of benzene rings is 1. The molecule has 1 rings (SSSR count). The largest absolute Gasteiger partial charge is 0.318 e. The average Bonchev–Trinajstić information content (AvgIpc) is 2.05. The van der Waals surface area contributed by atoms with E-state index < -0.39 is 5.54 Å². The van der Waals surface area contributed by atoms with Gasteiger partial charge in [-0.1, -0.05) is 30.3 Å². The minimum absolute atomic E-state index is 0.281. The van der Waals surface area contributed by atoms with Crippen molar-refractivity contribution in [3.63, 3.8) is 0 Å². The van der Waals surface area contributed by atoms with Gasteiger partial charge in [-0.3, -0.25) is 4.79 Å². The second kappa shape index (κ2) is 3.94. The monoisotopic (exact) mass is 195 g/mol. The van der Waals surface area contributed by atoms with E-state index in [9.17, 15) is 4.79 Å². The van der Waals surface area contributed by atoms with Crippen LogP contribution in [0.5, 0.6) is 0 Å². The molecule has 0 aliphatic rings. The molecule has 0 radical (unpaired) electrons. The van der Waals surface area contributed by atoms with Crippen LogP contribution in [0.2, 0.25) is 0 Å². The summed E-state index contributed by atoms with van der Waals surface area (Å²) in [6.07, 6.45) is 0.524. The lowest BCUT2D eigenvalue weighted by molar-refractivity contribution is -0.114. The van der Waals surface area contributed by atoms with Gasteiger partial charge in [0.1, 0.15) is 0 Å². The van der Waals surface area contributed by atoms with Crippen LogP contribution in [0.1, 0.15) is 12.5 Å². The van der Waals surface area contributed by atoms with E-state index in [1.807, 2.05) is 30.3 Å². The first kappa shape index (κ1) is 10.3. The fourth-order valence-corrected chi connectivity index (χ4v) is 1.17. The zero-order valence-corrected chi connectivity index (χ0v) is 8.42. The third-order valence-electron chi connectivity index (χ3n) is 1.90. The minimum Gasteiger partial charge on any atom is -0.318 e. The zero-order chi connectivity index (χ0) is 9.90. The van der Waals surface area contributed by atoms with Crippen LogP contribution in [0.25, 0.3) is 0 Å².